The van der Waals surface area contributed by atoms with Crippen molar-refractivity contribution in [3.63, 3.8) is 0 Å². The van der Waals surface area contributed by atoms with Crippen LogP contribution >= 0.6 is 27.3 Å². The number of non-ortho nitro benzene ring substituents is 1. The molecule has 2 aromatic heterocycles. The van der Waals surface area contributed by atoms with Gasteiger partial charge in [0.1, 0.15) is 16.7 Å². The summed E-state index contributed by atoms with van der Waals surface area (Å²) in [6.07, 6.45) is 1.59. The number of aromatic nitrogens is 1. The zero-order chi connectivity index (χ0) is 21.3. The molecule has 0 aliphatic rings. The number of benzene rings is 2. The molecule has 0 aliphatic heterocycles. The van der Waals surface area contributed by atoms with Gasteiger partial charge < -0.3 is 4.42 Å². The molecule has 0 unspecified atom stereocenters. The molecule has 4 aromatic rings. The van der Waals surface area contributed by atoms with Crippen LogP contribution in [-0.4, -0.2) is 9.91 Å². The number of allylic oxidation sites excluding steroid dienone is 1. The highest BCUT2D eigenvalue weighted by Gasteiger charge is 2.14. The van der Waals surface area contributed by atoms with Gasteiger partial charge in [0.15, 0.2) is 0 Å². The molecular formula is C21H10BrN3O4S. The van der Waals surface area contributed by atoms with E-state index < -0.39 is 10.5 Å². The number of nitro benzene ring substituents is 1. The smallest absolute Gasteiger partial charge is 0.345 e. The molecule has 0 spiro atoms. The fraction of sp³-hybridized carbons (Fsp3) is 0. The Hall–Kier alpha value is -3.61. The van der Waals surface area contributed by atoms with Gasteiger partial charge in [-0.1, -0.05) is 15.9 Å². The van der Waals surface area contributed by atoms with Crippen LogP contribution in [0.15, 0.2) is 67.6 Å². The maximum atomic E-state index is 12.4. The van der Waals surface area contributed by atoms with Crippen LogP contribution < -0.4 is 5.63 Å². The van der Waals surface area contributed by atoms with Crippen LogP contribution in [0.1, 0.15) is 10.6 Å². The van der Waals surface area contributed by atoms with E-state index in [0.29, 0.717) is 27.4 Å². The number of nitrogens with zero attached hydrogens (tertiary/aromatic N) is 3. The van der Waals surface area contributed by atoms with Crippen LogP contribution in [0.3, 0.4) is 0 Å². The fourth-order valence-corrected chi connectivity index (χ4v) is 3.96. The molecule has 0 amide bonds. The summed E-state index contributed by atoms with van der Waals surface area (Å²) in [5, 5.41) is 23.2. The molecule has 0 radical (unpaired) electrons. The number of hydrogen-bond acceptors (Lipinski definition) is 7. The van der Waals surface area contributed by atoms with Gasteiger partial charge in [-0.05, 0) is 48.0 Å². The summed E-state index contributed by atoms with van der Waals surface area (Å²) >= 11 is 4.62. The fourth-order valence-electron chi connectivity index (χ4n) is 2.79. The van der Waals surface area contributed by atoms with Gasteiger partial charge in [-0.2, -0.15) is 5.26 Å². The average molecular weight is 480 g/mol. The van der Waals surface area contributed by atoms with Crippen molar-refractivity contribution in [3.8, 4) is 17.3 Å². The minimum absolute atomic E-state index is 0.0307. The van der Waals surface area contributed by atoms with Gasteiger partial charge in [0.2, 0.25) is 0 Å². The molecule has 0 saturated carbocycles. The topological polar surface area (TPSA) is 110 Å². The third-order valence-electron chi connectivity index (χ3n) is 4.24. The number of halogens is 1. The quantitative estimate of drug-likeness (QED) is 0.162. The molecule has 30 heavy (non-hydrogen) atoms. The van der Waals surface area contributed by atoms with Crippen LogP contribution in [0.4, 0.5) is 5.69 Å². The van der Waals surface area contributed by atoms with Crippen LogP contribution in [0.25, 0.3) is 33.9 Å². The van der Waals surface area contributed by atoms with Crippen LogP contribution in [0, 0.1) is 21.4 Å². The van der Waals surface area contributed by atoms with Gasteiger partial charge in [-0.15, -0.1) is 11.3 Å². The van der Waals surface area contributed by atoms with Gasteiger partial charge in [-0.25, -0.2) is 9.78 Å². The first-order valence-corrected chi connectivity index (χ1v) is 10.2. The number of thiazole rings is 1. The number of fused-ring (bicyclic) bond motifs is 1. The SMILES string of the molecule is N#CC(=Cc1ccc([N+](=O)[O-])cc1)c1nc(-c2cc3cc(Br)ccc3oc2=O)cs1. The first-order valence-electron chi connectivity index (χ1n) is 8.50. The predicted octanol–water partition coefficient (Wildman–Crippen LogP) is 5.65. The highest BCUT2D eigenvalue weighted by molar-refractivity contribution is 9.10. The van der Waals surface area contributed by atoms with Crippen molar-refractivity contribution >= 4 is 55.6 Å². The minimum Gasteiger partial charge on any atom is -0.422 e. The number of rotatable bonds is 4. The summed E-state index contributed by atoms with van der Waals surface area (Å²) in [6, 6.07) is 15.0. The van der Waals surface area contributed by atoms with E-state index in [-0.39, 0.29) is 11.3 Å². The first kappa shape index (κ1) is 19.7. The second-order valence-electron chi connectivity index (χ2n) is 6.19. The second-order valence-corrected chi connectivity index (χ2v) is 7.96. The van der Waals surface area contributed by atoms with E-state index in [2.05, 4.69) is 27.0 Å². The number of hydrogen-bond donors (Lipinski definition) is 0. The van der Waals surface area contributed by atoms with Gasteiger partial charge in [0.05, 0.1) is 21.8 Å². The number of nitro groups is 1. The molecule has 2 aromatic carbocycles. The van der Waals surface area contributed by atoms with Crippen molar-refractivity contribution in [2.75, 3.05) is 0 Å². The van der Waals surface area contributed by atoms with Crippen molar-refractivity contribution in [2.24, 2.45) is 0 Å². The van der Waals surface area contributed by atoms with Crippen molar-refractivity contribution in [2.45, 2.75) is 0 Å². The Labute approximate surface area is 181 Å². The van der Waals surface area contributed by atoms with E-state index in [0.717, 1.165) is 9.86 Å². The third-order valence-corrected chi connectivity index (χ3v) is 5.61. The highest BCUT2D eigenvalue weighted by Crippen LogP contribution is 2.28. The summed E-state index contributed by atoms with van der Waals surface area (Å²) in [7, 11) is 0. The molecule has 0 atom stereocenters. The van der Waals surface area contributed by atoms with Crippen LogP contribution in [-0.2, 0) is 0 Å². The van der Waals surface area contributed by atoms with E-state index in [1.54, 1.807) is 41.8 Å². The molecular weight excluding hydrogens is 470 g/mol. The monoisotopic (exact) mass is 479 g/mol. The Morgan fingerprint density at radius 1 is 1.23 bits per heavy atom. The molecule has 0 N–H and O–H groups in total. The molecule has 0 bridgehead atoms. The van der Waals surface area contributed by atoms with Crippen LogP contribution in [0.2, 0.25) is 0 Å². The van der Waals surface area contributed by atoms with Gasteiger partial charge in [0, 0.05) is 27.4 Å². The lowest BCUT2D eigenvalue weighted by atomic mass is 10.1. The van der Waals surface area contributed by atoms with E-state index in [9.17, 15) is 20.2 Å². The van der Waals surface area contributed by atoms with Gasteiger partial charge in [0.25, 0.3) is 5.69 Å². The van der Waals surface area contributed by atoms with Crippen LogP contribution in [0.5, 0.6) is 0 Å². The van der Waals surface area contributed by atoms with E-state index in [1.807, 2.05) is 6.07 Å². The lowest BCUT2D eigenvalue weighted by molar-refractivity contribution is -0.384. The summed E-state index contributed by atoms with van der Waals surface area (Å²) in [5.41, 5.74) is 1.55. The number of nitriles is 1. The van der Waals surface area contributed by atoms with Crippen molar-refractivity contribution in [3.05, 3.63) is 89.5 Å². The first-order chi connectivity index (χ1) is 14.4. The molecule has 0 fully saturated rings. The maximum absolute atomic E-state index is 12.4. The minimum atomic E-state index is -0.514. The van der Waals surface area contributed by atoms with E-state index in [1.165, 1.54) is 23.5 Å². The second kappa shape index (κ2) is 8.02. The molecule has 0 saturated heterocycles. The standard InChI is InChI=1S/C21H10BrN3O4S/c22-15-3-6-19-13(8-15)9-17(21(26)29-19)18-11-30-20(24-18)14(10-23)7-12-1-4-16(5-2-12)25(27)28/h1-9,11H. The Balaban J connectivity index is 1.71. The zero-order valence-electron chi connectivity index (χ0n) is 15.0. The predicted molar refractivity (Wildman–Crippen MR) is 118 cm³/mol. The normalized spacial score (nSPS) is 11.4. The molecule has 7 nitrogen and oxygen atoms in total. The van der Waals surface area contributed by atoms with Gasteiger partial charge >= 0.3 is 5.63 Å². The molecule has 0 aliphatic carbocycles. The maximum Gasteiger partial charge on any atom is 0.345 e. The van der Waals surface area contributed by atoms with Crippen molar-refractivity contribution in [1.82, 2.24) is 4.98 Å². The Morgan fingerprint density at radius 3 is 2.70 bits per heavy atom. The van der Waals surface area contributed by atoms with E-state index in [4.69, 9.17) is 4.42 Å². The van der Waals surface area contributed by atoms with E-state index >= 15 is 0 Å². The molecule has 2 heterocycles. The van der Waals surface area contributed by atoms with Crippen molar-refractivity contribution < 1.29 is 9.34 Å². The lowest BCUT2D eigenvalue weighted by Crippen LogP contribution is -2.02. The molecule has 146 valence electrons. The molecule has 9 heteroatoms. The molecule has 4 rings (SSSR count). The van der Waals surface area contributed by atoms with Crippen molar-refractivity contribution in [1.29, 1.82) is 5.26 Å². The van der Waals surface area contributed by atoms with Gasteiger partial charge in [-0.3, -0.25) is 10.1 Å². The Kier molecular flexibility index (Phi) is 5.27. The zero-order valence-corrected chi connectivity index (χ0v) is 17.4. The summed E-state index contributed by atoms with van der Waals surface area (Å²) in [4.78, 5) is 27.1. The summed E-state index contributed by atoms with van der Waals surface area (Å²) in [6.45, 7) is 0. The highest BCUT2D eigenvalue weighted by atomic mass is 79.9. The third kappa shape index (κ3) is 3.91. The summed E-state index contributed by atoms with van der Waals surface area (Å²) < 4.78 is 6.23. The Morgan fingerprint density at radius 2 is 2.00 bits per heavy atom. The Bertz CT molecular complexity index is 1410. The lowest BCUT2D eigenvalue weighted by Gasteiger charge is -2.00. The average Bonchev–Trinajstić information content (AvgIpc) is 3.22. The largest absolute Gasteiger partial charge is 0.422 e. The summed E-state index contributed by atoms with van der Waals surface area (Å²) in [5.74, 6) is 0.